The van der Waals surface area contributed by atoms with E-state index in [-0.39, 0.29) is 72.3 Å². The second kappa shape index (κ2) is 16.0. The third-order valence-corrected chi connectivity index (χ3v) is 12.1. The second-order valence-corrected chi connectivity index (χ2v) is 16.3. The summed E-state index contributed by atoms with van der Waals surface area (Å²) in [6.07, 6.45) is 4.10. The molecule has 4 aromatic rings. The molecule has 300 valence electrons. The summed E-state index contributed by atoms with van der Waals surface area (Å²) < 4.78 is 34.4. The molecular formula is C42H54F2N8O4. The van der Waals surface area contributed by atoms with Gasteiger partial charge in [0.15, 0.2) is 0 Å². The molecule has 56 heavy (non-hydrogen) atoms. The lowest BCUT2D eigenvalue weighted by Crippen LogP contribution is -2.53. The third-order valence-electron chi connectivity index (χ3n) is 12.1. The Morgan fingerprint density at radius 1 is 0.661 bits per heavy atom. The van der Waals surface area contributed by atoms with Crippen molar-refractivity contribution < 1.29 is 28.0 Å². The van der Waals surface area contributed by atoms with E-state index >= 15 is 8.78 Å². The zero-order valence-corrected chi connectivity index (χ0v) is 32.7. The number of nitrogens with two attached hydrogens (primary N) is 2. The maximum atomic E-state index is 15.1. The number of rotatable bonds is 12. The molecule has 7 rings (SSSR count). The lowest BCUT2D eigenvalue weighted by Gasteiger charge is -2.32. The number of likely N-dealkylation sites (tertiary alicyclic amines) is 2. The lowest BCUT2D eigenvalue weighted by molar-refractivity contribution is -0.138. The molecule has 2 fully saturated rings. The highest BCUT2D eigenvalue weighted by atomic mass is 19.1. The normalized spacial score (nSPS) is 19.2. The molecule has 4 atom stereocenters. The van der Waals surface area contributed by atoms with Crippen LogP contribution in [0.15, 0.2) is 36.4 Å². The number of benzene rings is 2. The molecule has 4 amide bonds. The topological polar surface area (TPSA) is 161 Å². The monoisotopic (exact) mass is 772 g/mol. The zero-order chi connectivity index (χ0) is 40.0. The van der Waals surface area contributed by atoms with Gasteiger partial charge in [0.05, 0.1) is 35.5 Å². The summed E-state index contributed by atoms with van der Waals surface area (Å²) in [4.78, 5) is 56.7. The molecule has 0 saturated carbocycles. The Morgan fingerprint density at radius 2 is 1.05 bits per heavy atom. The average Bonchev–Trinajstić information content (AvgIpc) is 3.97. The average molecular weight is 773 g/mol. The highest BCUT2D eigenvalue weighted by Crippen LogP contribution is 2.45. The number of hydrogen-bond donors (Lipinski definition) is 4. The van der Waals surface area contributed by atoms with E-state index < -0.39 is 12.1 Å². The van der Waals surface area contributed by atoms with Crippen molar-refractivity contribution >= 4 is 45.4 Å². The van der Waals surface area contributed by atoms with Gasteiger partial charge >= 0.3 is 0 Å². The zero-order valence-electron chi connectivity index (χ0n) is 32.7. The number of nitrogens with one attached hydrogen (secondary N) is 2. The number of nitrogens with zero attached hydrogens (tertiary/aromatic N) is 4. The number of halogens is 2. The minimum Gasteiger partial charge on any atom is -0.343 e. The van der Waals surface area contributed by atoms with Gasteiger partial charge in [0.25, 0.3) is 0 Å². The van der Waals surface area contributed by atoms with Crippen LogP contribution in [-0.4, -0.2) is 92.9 Å². The van der Waals surface area contributed by atoms with Crippen molar-refractivity contribution in [2.24, 2.45) is 23.3 Å². The number of carbonyl (C=O) groups is 4. The Bertz CT molecular complexity index is 2020. The van der Waals surface area contributed by atoms with Gasteiger partial charge in [0.1, 0.15) is 23.7 Å². The van der Waals surface area contributed by atoms with E-state index in [9.17, 15) is 19.2 Å². The van der Waals surface area contributed by atoms with Crippen molar-refractivity contribution in [3.8, 4) is 11.4 Å². The van der Waals surface area contributed by atoms with Crippen molar-refractivity contribution in [1.29, 1.82) is 0 Å². The number of carbonyl (C=O) groups excluding carboxylic acids is 4. The van der Waals surface area contributed by atoms with E-state index in [1.165, 1.54) is 12.1 Å². The molecule has 0 aliphatic carbocycles. The smallest absolute Gasteiger partial charge is 0.245 e. The first kappa shape index (κ1) is 39.4. The quantitative estimate of drug-likeness (QED) is 0.171. The van der Waals surface area contributed by atoms with Gasteiger partial charge < -0.3 is 41.0 Å². The summed E-state index contributed by atoms with van der Waals surface area (Å²) in [6, 6.07) is 7.89. The van der Waals surface area contributed by atoms with Crippen molar-refractivity contribution in [2.75, 3.05) is 26.2 Å². The summed E-state index contributed by atoms with van der Waals surface area (Å²) in [5.74, 6) is -2.08. The van der Waals surface area contributed by atoms with E-state index in [0.29, 0.717) is 39.0 Å². The molecule has 5 heterocycles. The summed E-state index contributed by atoms with van der Waals surface area (Å²) in [7, 11) is 0. The molecular weight excluding hydrogens is 719 g/mol. The Labute approximate surface area is 325 Å². The van der Waals surface area contributed by atoms with Crippen LogP contribution in [-0.2, 0) is 45.1 Å². The van der Waals surface area contributed by atoms with Gasteiger partial charge in [-0.1, -0.05) is 27.7 Å². The Hall–Kier alpha value is -4.82. The standard InChI is InChI=1S/C42H54F2N8O4/c1-23(2)37(47-35(53)21-45)41(55)49-13-5-7-27(49)19-31-29-11-9-25(43)17-33(29)51-15-16-52-34-18-26(44)10-12-30(34)32(40(52)39(31)51)20-28-8-6-14-50(28)42(56)38(24(3)4)48-36(54)22-46/h9-12,17-18,23-24,27-28,37-38H,5-8,13-16,19-22,45-46H2,1-4H3,(H,47,53)(H,48,54)/t27-,28-,37-,38-/m0/s1. The molecule has 2 aromatic carbocycles. The molecule has 14 heteroatoms. The molecule has 0 unspecified atom stereocenters. The second-order valence-electron chi connectivity index (χ2n) is 16.3. The molecule has 3 aliphatic rings. The van der Waals surface area contributed by atoms with E-state index in [0.717, 1.165) is 70.0 Å². The van der Waals surface area contributed by atoms with Crippen LogP contribution in [0.3, 0.4) is 0 Å². The first-order valence-corrected chi connectivity index (χ1v) is 20.0. The van der Waals surface area contributed by atoms with Crippen molar-refractivity contribution in [2.45, 2.75) is 103 Å². The summed E-state index contributed by atoms with van der Waals surface area (Å²) in [5, 5.41) is 7.44. The summed E-state index contributed by atoms with van der Waals surface area (Å²) >= 11 is 0. The Balaban J connectivity index is 1.33. The molecule has 2 saturated heterocycles. The van der Waals surface area contributed by atoms with Crippen molar-refractivity contribution in [3.05, 3.63) is 59.2 Å². The SMILES string of the molecule is CC(C)[C@H](NC(=O)CN)C(=O)N1CCC[C@H]1Cc1c2n(c3cc(F)ccc13)CCn1c-2c(C[C@@H]2CCCN2C(=O)[C@@H](NC(=O)CN)C(C)C)c2ccc(F)cc21. The lowest BCUT2D eigenvalue weighted by atomic mass is 9.94. The number of hydrogen-bond acceptors (Lipinski definition) is 6. The summed E-state index contributed by atoms with van der Waals surface area (Å²) in [6.45, 7) is 9.33. The molecule has 0 radical (unpaired) electrons. The Kier molecular flexibility index (Phi) is 11.2. The van der Waals surface area contributed by atoms with Crippen LogP contribution in [0.1, 0.15) is 64.5 Å². The van der Waals surface area contributed by atoms with Gasteiger partial charge in [0, 0.05) is 49.0 Å². The minimum absolute atomic E-state index is 0.147. The fraction of sp³-hybridized carbons (Fsp3) is 0.524. The van der Waals surface area contributed by atoms with E-state index in [2.05, 4.69) is 19.8 Å². The van der Waals surface area contributed by atoms with Crippen LogP contribution < -0.4 is 22.1 Å². The van der Waals surface area contributed by atoms with Crippen LogP contribution >= 0.6 is 0 Å². The molecule has 0 spiro atoms. The van der Waals surface area contributed by atoms with Gasteiger partial charge in [-0.2, -0.15) is 0 Å². The van der Waals surface area contributed by atoms with Crippen LogP contribution in [0.25, 0.3) is 33.2 Å². The summed E-state index contributed by atoms with van der Waals surface area (Å²) in [5.41, 5.74) is 16.5. The Morgan fingerprint density at radius 3 is 1.41 bits per heavy atom. The van der Waals surface area contributed by atoms with Gasteiger partial charge in [-0.25, -0.2) is 8.78 Å². The maximum Gasteiger partial charge on any atom is 0.245 e. The fourth-order valence-electron chi connectivity index (χ4n) is 9.40. The van der Waals surface area contributed by atoms with Gasteiger partial charge in [-0.05, 0) is 97.9 Å². The highest BCUT2D eigenvalue weighted by molar-refractivity contribution is 5.98. The maximum absolute atomic E-state index is 15.1. The molecule has 0 bridgehead atoms. The van der Waals surface area contributed by atoms with Crippen LogP contribution in [0.2, 0.25) is 0 Å². The van der Waals surface area contributed by atoms with E-state index in [1.54, 1.807) is 12.1 Å². The highest BCUT2D eigenvalue weighted by Gasteiger charge is 2.40. The van der Waals surface area contributed by atoms with Gasteiger partial charge in [0.2, 0.25) is 23.6 Å². The van der Waals surface area contributed by atoms with Gasteiger partial charge in [-0.3, -0.25) is 19.2 Å². The number of fused-ring (bicyclic) bond motifs is 7. The third kappa shape index (κ3) is 7.17. The molecule has 2 aromatic heterocycles. The van der Waals surface area contributed by atoms with Crippen molar-refractivity contribution in [1.82, 2.24) is 29.6 Å². The molecule has 6 N–H and O–H groups in total. The van der Waals surface area contributed by atoms with E-state index in [1.807, 2.05) is 49.6 Å². The predicted octanol–water partition coefficient (Wildman–Crippen LogP) is 3.82. The van der Waals surface area contributed by atoms with Crippen LogP contribution in [0.5, 0.6) is 0 Å². The minimum atomic E-state index is -0.722. The first-order valence-electron chi connectivity index (χ1n) is 20.0. The van der Waals surface area contributed by atoms with Crippen LogP contribution in [0, 0.1) is 23.5 Å². The number of aromatic nitrogens is 2. The van der Waals surface area contributed by atoms with Crippen LogP contribution in [0.4, 0.5) is 8.78 Å². The predicted molar refractivity (Wildman–Crippen MR) is 211 cm³/mol. The largest absolute Gasteiger partial charge is 0.343 e. The number of amides is 4. The first-order chi connectivity index (χ1) is 26.8. The van der Waals surface area contributed by atoms with Gasteiger partial charge in [-0.15, -0.1) is 0 Å². The molecule has 3 aliphatic heterocycles. The van der Waals surface area contributed by atoms with Crippen molar-refractivity contribution in [3.63, 3.8) is 0 Å². The van der Waals surface area contributed by atoms with E-state index in [4.69, 9.17) is 11.5 Å². The fourth-order valence-corrected chi connectivity index (χ4v) is 9.40. The number of aryl methyl sites for hydroxylation is 2. The molecule has 12 nitrogen and oxygen atoms in total.